The number of alkyl carbamates (subject to hydrolysis) is 1. The van der Waals surface area contributed by atoms with Gasteiger partial charge in [-0.25, -0.2) is 4.79 Å². The van der Waals surface area contributed by atoms with Crippen molar-refractivity contribution in [1.82, 2.24) is 20.9 Å². The minimum Gasteiger partial charge on any atom is -0.480 e. The van der Waals surface area contributed by atoms with Gasteiger partial charge >= 0.3 is 12.1 Å². The van der Waals surface area contributed by atoms with Gasteiger partial charge in [0.25, 0.3) is 0 Å². The highest BCUT2D eigenvalue weighted by molar-refractivity contribution is 8.00. The number of carbonyl (C=O) groups is 5. The highest BCUT2D eigenvalue weighted by atomic mass is 32.2. The first-order valence-corrected chi connectivity index (χ1v) is 13.8. The summed E-state index contributed by atoms with van der Waals surface area (Å²) in [6.45, 7) is 1.30. The van der Waals surface area contributed by atoms with Crippen molar-refractivity contribution in [1.29, 1.82) is 0 Å². The number of methoxy groups -OCH3 is 1. The Hall–Kier alpha value is -2.03. The number of carboxylic acid groups (broad SMARTS) is 1. The maximum Gasteiger partial charge on any atom is 0.407 e. The summed E-state index contributed by atoms with van der Waals surface area (Å²) < 4.78 is 9.57. The van der Waals surface area contributed by atoms with Gasteiger partial charge in [-0.2, -0.15) is 11.8 Å². The van der Waals surface area contributed by atoms with Crippen molar-refractivity contribution in [2.24, 2.45) is 0 Å². The second kappa shape index (κ2) is 18.3. The van der Waals surface area contributed by atoms with E-state index in [0.29, 0.717) is 31.7 Å². The Morgan fingerprint density at radius 1 is 1.14 bits per heavy atom. The molecule has 12 nitrogen and oxygen atoms in total. The van der Waals surface area contributed by atoms with E-state index in [1.165, 1.54) is 18.9 Å². The zero-order valence-corrected chi connectivity index (χ0v) is 21.8. The van der Waals surface area contributed by atoms with Gasteiger partial charge < -0.3 is 30.5 Å². The van der Waals surface area contributed by atoms with Crippen molar-refractivity contribution in [3.8, 4) is 0 Å². The molecule has 2 unspecified atom stereocenters. The van der Waals surface area contributed by atoms with Crippen LogP contribution in [0.1, 0.15) is 25.7 Å². The van der Waals surface area contributed by atoms with Gasteiger partial charge in [0.2, 0.25) is 17.7 Å². The number of rotatable bonds is 19. The second-order valence-corrected chi connectivity index (χ2v) is 9.88. The van der Waals surface area contributed by atoms with Crippen LogP contribution in [0.3, 0.4) is 0 Å². The molecular formula is C21H36N4O8S2. The Morgan fingerprint density at radius 2 is 1.89 bits per heavy atom. The van der Waals surface area contributed by atoms with E-state index in [4.69, 9.17) is 9.47 Å². The summed E-state index contributed by atoms with van der Waals surface area (Å²) in [5.74, 6) is -0.449. The molecule has 0 aromatic carbocycles. The Kier molecular flexibility index (Phi) is 16.2. The molecule has 4 N–H and O–H groups in total. The number of nitrogens with zero attached hydrogens (tertiary/aromatic N) is 1. The quantitative estimate of drug-likeness (QED) is 0.129. The molecule has 200 valence electrons. The highest BCUT2D eigenvalue weighted by Gasteiger charge is 2.38. The number of hydrogen-bond donors (Lipinski definition) is 4. The van der Waals surface area contributed by atoms with Crippen LogP contribution in [0.25, 0.3) is 0 Å². The van der Waals surface area contributed by atoms with Gasteiger partial charge in [-0.1, -0.05) is 0 Å². The van der Waals surface area contributed by atoms with E-state index in [1.807, 2.05) is 6.26 Å². The molecule has 1 heterocycles. The molecule has 1 fully saturated rings. The number of ether oxygens (including phenoxy) is 2. The molecule has 0 aromatic heterocycles. The van der Waals surface area contributed by atoms with Gasteiger partial charge in [-0.15, -0.1) is 11.8 Å². The first-order valence-electron chi connectivity index (χ1n) is 11.4. The minimum atomic E-state index is -0.875. The lowest BCUT2D eigenvalue weighted by molar-refractivity contribution is -0.140. The molecule has 0 aromatic rings. The summed E-state index contributed by atoms with van der Waals surface area (Å²) in [6.07, 6.45) is 2.60. The predicted molar refractivity (Wildman–Crippen MR) is 133 cm³/mol. The first-order chi connectivity index (χ1) is 16.8. The van der Waals surface area contributed by atoms with Crippen LogP contribution in [-0.4, -0.2) is 115 Å². The molecule has 0 radical (unpaired) electrons. The zero-order valence-electron chi connectivity index (χ0n) is 20.2. The van der Waals surface area contributed by atoms with E-state index in [-0.39, 0.29) is 56.8 Å². The number of imide groups is 1. The Morgan fingerprint density at radius 3 is 2.57 bits per heavy atom. The molecule has 1 rings (SSSR count). The van der Waals surface area contributed by atoms with Crippen molar-refractivity contribution in [2.75, 3.05) is 64.3 Å². The Labute approximate surface area is 214 Å². The van der Waals surface area contributed by atoms with E-state index in [0.717, 1.165) is 10.7 Å². The van der Waals surface area contributed by atoms with Crippen LogP contribution in [-0.2, 0) is 28.7 Å². The molecule has 4 amide bonds. The van der Waals surface area contributed by atoms with Crippen molar-refractivity contribution < 1.29 is 38.6 Å². The number of aliphatic carboxylic acids is 1. The number of carboxylic acids is 1. The van der Waals surface area contributed by atoms with Gasteiger partial charge in [0.1, 0.15) is 12.6 Å². The molecule has 0 saturated carbocycles. The Bertz CT molecular complexity index is 713. The Balaban J connectivity index is 2.21. The third kappa shape index (κ3) is 13.0. The lowest BCUT2D eigenvalue weighted by Crippen LogP contribution is -2.38. The standard InChI is InChI=1S/C21H36N4O8S2/c1-32-10-11-33-21(31)24-8-7-23-17(26)4-9-25-18(27)14-16(19(25)28)35-12-3-6-22-15(20(29)30)5-13-34-2/h15-16,22H,3-14H2,1-2H3,(H,23,26)(H,24,31)(H,29,30). The van der Waals surface area contributed by atoms with Crippen LogP contribution in [0, 0.1) is 0 Å². The van der Waals surface area contributed by atoms with Gasteiger partial charge in [0.05, 0.1) is 11.9 Å². The maximum atomic E-state index is 12.5. The second-order valence-electron chi connectivity index (χ2n) is 7.58. The van der Waals surface area contributed by atoms with Crippen molar-refractivity contribution in [2.45, 2.75) is 37.0 Å². The van der Waals surface area contributed by atoms with E-state index in [1.54, 1.807) is 11.8 Å². The first kappa shape index (κ1) is 31.0. The zero-order chi connectivity index (χ0) is 26.1. The molecule has 35 heavy (non-hydrogen) atoms. The maximum absolute atomic E-state index is 12.5. The average molecular weight is 537 g/mol. The number of amides is 4. The smallest absolute Gasteiger partial charge is 0.407 e. The molecule has 0 aliphatic carbocycles. The van der Waals surface area contributed by atoms with Crippen LogP contribution in [0.15, 0.2) is 0 Å². The lowest BCUT2D eigenvalue weighted by atomic mass is 10.2. The van der Waals surface area contributed by atoms with Crippen LogP contribution < -0.4 is 16.0 Å². The summed E-state index contributed by atoms with van der Waals surface area (Å²) in [5, 5.41) is 16.8. The fourth-order valence-electron chi connectivity index (χ4n) is 3.08. The summed E-state index contributed by atoms with van der Waals surface area (Å²) in [5.41, 5.74) is 0. The average Bonchev–Trinajstić information content (AvgIpc) is 3.09. The normalized spacial score (nSPS) is 16.3. The molecule has 1 saturated heterocycles. The van der Waals surface area contributed by atoms with Crippen molar-refractivity contribution >= 4 is 53.3 Å². The van der Waals surface area contributed by atoms with Gasteiger partial charge in [-0.3, -0.25) is 24.1 Å². The SMILES string of the molecule is COCCOC(=O)NCCNC(=O)CCN1C(=O)CC(SCCCNC(CCSC)C(=O)O)C1=O. The number of nitrogens with one attached hydrogen (secondary N) is 3. The molecule has 1 aliphatic rings. The predicted octanol–water partition coefficient (Wildman–Crippen LogP) is -0.0880. The number of hydrogen-bond acceptors (Lipinski definition) is 10. The van der Waals surface area contributed by atoms with E-state index < -0.39 is 23.4 Å². The van der Waals surface area contributed by atoms with Crippen molar-refractivity contribution in [3.63, 3.8) is 0 Å². The molecule has 14 heteroatoms. The van der Waals surface area contributed by atoms with E-state index in [2.05, 4.69) is 16.0 Å². The van der Waals surface area contributed by atoms with Crippen LogP contribution >= 0.6 is 23.5 Å². The van der Waals surface area contributed by atoms with Gasteiger partial charge in [0.15, 0.2) is 0 Å². The summed E-state index contributed by atoms with van der Waals surface area (Å²) in [6, 6.07) is -0.589. The number of thioether (sulfide) groups is 2. The van der Waals surface area contributed by atoms with Gasteiger partial charge in [-0.05, 0) is 37.1 Å². The van der Waals surface area contributed by atoms with E-state index in [9.17, 15) is 29.1 Å². The lowest BCUT2D eigenvalue weighted by Gasteiger charge is -2.15. The molecule has 1 aliphatic heterocycles. The van der Waals surface area contributed by atoms with Gasteiger partial charge in [0, 0.05) is 39.6 Å². The molecule has 0 spiro atoms. The highest BCUT2D eigenvalue weighted by Crippen LogP contribution is 2.25. The third-order valence-corrected chi connectivity index (χ3v) is 6.88. The van der Waals surface area contributed by atoms with Crippen LogP contribution in [0.5, 0.6) is 0 Å². The number of likely N-dealkylation sites (tertiary alicyclic amines) is 1. The fraction of sp³-hybridized carbons (Fsp3) is 0.762. The van der Waals surface area contributed by atoms with Crippen LogP contribution in [0.2, 0.25) is 0 Å². The molecular weight excluding hydrogens is 500 g/mol. The summed E-state index contributed by atoms with van der Waals surface area (Å²) in [4.78, 5) is 60.4. The van der Waals surface area contributed by atoms with Crippen LogP contribution in [0.4, 0.5) is 4.79 Å². The molecule has 2 atom stereocenters. The number of carbonyl (C=O) groups excluding carboxylic acids is 4. The molecule has 0 bridgehead atoms. The monoisotopic (exact) mass is 536 g/mol. The summed E-state index contributed by atoms with van der Waals surface area (Å²) in [7, 11) is 1.49. The minimum absolute atomic E-state index is 0.00430. The topological polar surface area (TPSA) is 163 Å². The fourth-order valence-corrected chi connectivity index (χ4v) is 4.67. The third-order valence-electron chi connectivity index (χ3n) is 4.94. The van der Waals surface area contributed by atoms with E-state index >= 15 is 0 Å². The van der Waals surface area contributed by atoms with Crippen molar-refractivity contribution in [3.05, 3.63) is 0 Å². The largest absolute Gasteiger partial charge is 0.480 e. The summed E-state index contributed by atoms with van der Waals surface area (Å²) >= 11 is 2.97.